The van der Waals surface area contributed by atoms with Gasteiger partial charge in [-0.3, -0.25) is 0 Å². The van der Waals surface area contributed by atoms with Crippen molar-refractivity contribution in [1.82, 2.24) is 14.8 Å². The lowest BCUT2D eigenvalue weighted by molar-refractivity contribution is 0.618. The second kappa shape index (κ2) is 4.84. The number of rotatable bonds is 3. The molecule has 0 saturated carbocycles. The van der Waals surface area contributed by atoms with Crippen LogP contribution in [0.15, 0.2) is 18.2 Å². The highest BCUT2D eigenvalue weighted by Gasteiger charge is 2.12. The standard InChI is InChI=1S/C12H13ClFN3/c1-3-17-11(7-13)15-16-12(17)9-5-4-8(2)10(14)6-9/h4-6H,3,7H2,1-2H3. The minimum absolute atomic E-state index is 0.236. The molecule has 0 aliphatic rings. The normalized spacial score (nSPS) is 10.8. The first-order valence-electron chi connectivity index (χ1n) is 5.42. The van der Waals surface area contributed by atoms with Gasteiger partial charge in [0.2, 0.25) is 0 Å². The van der Waals surface area contributed by atoms with Crippen LogP contribution >= 0.6 is 11.6 Å². The molecule has 0 N–H and O–H groups in total. The molecular formula is C12H13ClFN3. The Labute approximate surface area is 104 Å². The van der Waals surface area contributed by atoms with Crippen molar-refractivity contribution in [2.24, 2.45) is 0 Å². The second-order valence-electron chi connectivity index (χ2n) is 3.78. The van der Waals surface area contributed by atoms with Crippen LogP contribution in [0, 0.1) is 12.7 Å². The quantitative estimate of drug-likeness (QED) is 0.787. The summed E-state index contributed by atoms with van der Waals surface area (Å²) in [4.78, 5) is 0. The predicted molar refractivity (Wildman–Crippen MR) is 65.4 cm³/mol. The van der Waals surface area contributed by atoms with E-state index in [4.69, 9.17) is 11.6 Å². The van der Waals surface area contributed by atoms with Gasteiger partial charge in [-0.25, -0.2) is 4.39 Å². The van der Waals surface area contributed by atoms with Gasteiger partial charge in [0, 0.05) is 12.1 Å². The highest BCUT2D eigenvalue weighted by molar-refractivity contribution is 6.16. The number of nitrogens with zero attached hydrogens (tertiary/aromatic N) is 3. The number of alkyl halides is 1. The maximum absolute atomic E-state index is 13.5. The van der Waals surface area contributed by atoms with Gasteiger partial charge in [0.25, 0.3) is 0 Å². The van der Waals surface area contributed by atoms with E-state index in [-0.39, 0.29) is 5.82 Å². The largest absolute Gasteiger partial charge is 0.310 e. The van der Waals surface area contributed by atoms with E-state index in [1.807, 2.05) is 17.6 Å². The Morgan fingerprint density at radius 3 is 2.71 bits per heavy atom. The third-order valence-corrected chi connectivity index (χ3v) is 2.93. The van der Waals surface area contributed by atoms with Crippen molar-refractivity contribution in [2.75, 3.05) is 0 Å². The van der Waals surface area contributed by atoms with Crippen LogP contribution in [-0.4, -0.2) is 14.8 Å². The highest BCUT2D eigenvalue weighted by Crippen LogP contribution is 2.21. The second-order valence-corrected chi connectivity index (χ2v) is 4.05. The Balaban J connectivity index is 2.52. The molecule has 0 radical (unpaired) electrons. The minimum Gasteiger partial charge on any atom is -0.310 e. The lowest BCUT2D eigenvalue weighted by atomic mass is 10.1. The Morgan fingerprint density at radius 1 is 1.35 bits per heavy atom. The Morgan fingerprint density at radius 2 is 2.12 bits per heavy atom. The highest BCUT2D eigenvalue weighted by atomic mass is 35.5. The Hall–Kier alpha value is -1.42. The van der Waals surface area contributed by atoms with Gasteiger partial charge in [-0.2, -0.15) is 0 Å². The van der Waals surface area contributed by atoms with Gasteiger partial charge in [0.05, 0.1) is 5.88 Å². The van der Waals surface area contributed by atoms with Crippen molar-refractivity contribution in [3.63, 3.8) is 0 Å². The van der Waals surface area contributed by atoms with Crippen molar-refractivity contribution in [2.45, 2.75) is 26.3 Å². The topological polar surface area (TPSA) is 30.7 Å². The third-order valence-electron chi connectivity index (χ3n) is 2.69. The summed E-state index contributed by atoms with van der Waals surface area (Å²) in [6.45, 7) is 4.42. The van der Waals surface area contributed by atoms with E-state index in [1.54, 1.807) is 13.0 Å². The molecule has 0 aliphatic carbocycles. The molecule has 1 aromatic heterocycles. The maximum atomic E-state index is 13.5. The van der Waals surface area contributed by atoms with E-state index in [0.29, 0.717) is 29.6 Å². The Bertz CT molecular complexity index is 537. The monoisotopic (exact) mass is 253 g/mol. The van der Waals surface area contributed by atoms with E-state index < -0.39 is 0 Å². The van der Waals surface area contributed by atoms with Crippen molar-refractivity contribution in [3.8, 4) is 11.4 Å². The molecule has 90 valence electrons. The summed E-state index contributed by atoms with van der Waals surface area (Å²) in [7, 11) is 0. The molecule has 17 heavy (non-hydrogen) atoms. The fourth-order valence-corrected chi connectivity index (χ4v) is 1.91. The van der Waals surface area contributed by atoms with Gasteiger partial charge in [0.15, 0.2) is 5.82 Å². The van der Waals surface area contributed by atoms with Gasteiger partial charge in [-0.1, -0.05) is 12.1 Å². The molecule has 0 atom stereocenters. The first-order chi connectivity index (χ1) is 8.17. The molecule has 0 saturated heterocycles. The minimum atomic E-state index is -0.236. The summed E-state index contributed by atoms with van der Waals surface area (Å²) in [6.07, 6.45) is 0. The predicted octanol–water partition coefficient (Wildman–Crippen LogP) is 3.15. The number of benzene rings is 1. The number of hydrogen-bond acceptors (Lipinski definition) is 2. The van der Waals surface area contributed by atoms with Gasteiger partial charge in [0.1, 0.15) is 11.6 Å². The van der Waals surface area contributed by atoms with Crippen LogP contribution in [0.1, 0.15) is 18.3 Å². The lowest BCUT2D eigenvalue weighted by Crippen LogP contribution is -2.02. The van der Waals surface area contributed by atoms with E-state index in [1.165, 1.54) is 6.07 Å². The first-order valence-corrected chi connectivity index (χ1v) is 5.95. The molecule has 0 bridgehead atoms. The molecule has 5 heteroatoms. The molecule has 0 fully saturated rings. The third kappa shape index (κ3) is 2.17. The molecule has 2 rings (SSSR count). The zero-order valence-corrected chi connectivity index (χ0v) is 10.5. The van der Waals surface area contributed by atoms with Gasteiger partial charge in [-0.15, -0.1) is 21.8 Å². The van der Waals surface area contributed by atoms with Crippen molar-refractivity contribution in [1.29, 1.82) is 0 Å². The van der Waals surface area contributed by atoms with Crippen molar-refractivity contribution >= 4 is 11.6 Å². The summed E-state index contributed by atoms with van der Waals surface area (Å²) in [5, 5.41) is 8.05. The van der Waals surface area contributed by atoms with Crippen LogP contribution in [0.25, 0.3) is 11.4 Å². The molecule has 0 aliphatic heterocycles. The van der Waals surface area contributed by atoms with Crippen LogP contribution < -0.4 is 0 Å². The number of aryl methyl sites for hydroxylation is 1. The molecule has 2 aromatic rings. The smallest absolute Gasteiger partial charge is 0.164 e. The van der Waals surface area contributed by atoms with Gasteiger partial charge < -0.3 is 4.57 Å². The maximum Gasteiger partial charge on any atom is 0.164 e. The summed E-state index contributed by atoms with van der Waals surface area (Å²) >= 11 is 5.77. The van der Waals surface area contributed by atoms with Crippen LogP contribution in [-0.2, 0) is 12.4 Å². The van der Waals surface area contributed by atoms with Gasteiger partial charge in [-0.05, 0) is 25.5 Å². The molecular weight excluding hydrogens is 241 g/mol. The van der Waals surface area contributed by atoms with Crippen LogP contribution in [0.5, 0.6) is 0 Å². The molecule has 0 unspecified atom stereocenters. The fourth-order valence-electron chi connectivity index (χ4n) is 1.71. The van der Waals surface area contributed by atoms with E-state index in [2.05, 4.69) is 10.2 Å². The summed E-state index contributed by atoms with van der Waals surface area (Å²) < 4.78 is 15.4. The van der Waals surface area contributed by atoms with Crippen molar-refractivity contribution in [3.05, 3.63) is 35.4 Å². The van der Waals surface area contributed by atoms with Crippen molar-refractivity contribution < 1.29 is 4.39 Å². The zero-order valence-electron chi connectivity index (χ0n) is 9.74. The van der Waals surface area contributed by atoms with E-state index in [9.17, 15) is 4.39 Å². The summed E-state index contributed by atoms with van der Waals surface area (Å²) in [5.74, 6) is 1.42. The van der Waals surface area contributed by atoms with Crippen LogP contribution in [0.2, 0.25) is 0 Å². The summed E-state index contributed by atoms with van der Waals surface area (Å²) in [6, 6.07) is 5.05. The fraction of sp³-hybridized carbons (Fsp3) is 0.333. The number of hydrogen-bond donors (Lipinski definition) is 0. The number of halogens is 2. The molecule has 0 amide bonds. The van der Waals surface area contributed by atoms with Crippen LogP contribution in [0.3, 0.4) is 0 Å². The Kier molecular flexibility index (Phi) is 3.43. The molecule has 3 nitrogen and oxygen atoms in total. The lowest BCUT2D eigenvalue weighted by Gasteiger charge is -2.06. The molecule has 1 aromatic carbocycles. The van der Waals surface area contributed by atoms with E-state index in [0.717, 1.165) is 5.56 Å². The van der Waals surface area contributed by atoms with Crippen LogP contribution in [0.4, 0.5) is 4.39 Å². The number of aromatic nitrogens is 3. The summed E-state index contributed by atoms with van der Waals surface area (Å²) in [5.41, 5.74) is 1.34. The molecule has 0 spiro atoms. The van der Waals surface area contributed by atoms with E-state index >= 15 is 0 Å². The average molecular weight is 254 g/mol. The first kappa shape index (κ1) is 12.0. The SMILES string of the molecule is CCn1c(CCl)nnc1-c1ccc(C)c(F)c1. The van der Waals surface area contributed by atoms with Gasteiger partial charge >= 0.3 is 0 Å². The molecule has 1 heterocycles. The zero-order chi connectivity index (χ0) is 12.4. The average Bonchev–Trinajstić information content (AvgIpc) is 2.75.